The highest BCUT2D eigenvalue weighted by molar-refractivity contribution is 6.30. The average molecular weight is 391 g/mol. The molecule has 1 aromatic heterocycles. The first-order valence-corrected chi connectivity index (χ1v) is 9.23. The zero-order valence-corrected chi connectivity index (χ0v) is 15.3. The van der Waals surface area contributed by atoms with Crippen LogP contribution in [0.5, 0.6) is 0 Å². The SMILES string of the molecule is NC1CNCC(c2cc(NC(=O)c3ccc(Cl)cn3)ccc2F)(C2CC2)O1. The van der Waals surface area contributed by atoms with Crippen LogP contribution in [0.4, 0.5) is 10.1 Å². The van der Waals surface area contributed by atoms with E-state index in [0.717, 1.165) is 12.8 Å². The number of anilines is 1. The van der Waals surface area contributed by atoms with Crippen molar-refractivity contribution in [3.05, 3.63) is 58.6 Å². The molecule has 1 aliphatic heterocycles. The molecule has 6 nitrogen and oxygen atoms in total. The Bertz CT molecular complexity index is 859. The monoisotopic (exact) mass is 390 g/mol. The number of hydrogen-bond acceptors (Lipinski definition) is 5. The summed E-state index contributed by atoms with van der Waals surface area (Å²) in [7, 11) is 0. The Morgan fingerprint density at radius 2 is 2.19 bits per heavy atom. The van der Waals surface area contributed by atoms with Gasteiger partial charge in [-0.05, 0) is 49.1 Å². The van der Waals surface area contributed by atoms with Crippen LogP contribution in [-0.2, 0) is 10.3 Å². The zero-order valence-electron chi connectivity index (χ0n) is 14.5. The van der Waals surface area contributed by atoms with Gasteiger partial charge in [0.1, 0.15) is 23.3 Å². The van der Waals surface area contributed by atoms with E-state index in [4.69, 9.17) is 22.1 Å². The maximum absolute atomic E-state index is 14.7. The third-order valence-corrected chi connectivity index (χ3v) is 5.20. The number of rotatable bonds is 4. The van der Waals surface area contributed by atoms with Gasteiger partial charge in [0.25, 0.3) is 5.91 Å². The van der Waals surface area contributed by atoms with Gasteiger partial charge in [-0.1, -0.05) is 11.6 Å². The van der Waals surface area contributed by atoms with Crippen LogP contribution in [0, 0.1) is 11.7 Å². The number of benzene rings is 1. The molecule has 2 heterocycles. The summed E-state index contributed by atoms with van der Waals surface area (Å²) in [6, 6.07) is 7.60. The Labute approximate surface area is 161 Å². The van der Waals surface area contributed by atoms with Crippen molar-refractivity contribution in [1.29, 1.82) is 0 Å². The van der Waals surface area contributed by atoms with Crippen LogP contribution in [0.25, 0.3) is 0 Å². The fraction of sp³-hybridized carbons (Fsp3) is 0.368. The number of pyridine rings is 1. The molecule has 2 fully saturated rings. The van der Waals surface area contributed by atoms with Crippen LogP contribution in [0.2, 0.25) is 5.02 Å². The predicted octanol–water partition coefficient (Wildman–Crippen LogP) is 2.64. The number of morpholine rings is 1. The van der Waals surface area contributed by atoms with Crippen molar-refractivity contribution >= 4 is 23.2 Å². The van der Waals surface area contributed by atoms with Crippen molar-refractivity contribution in [2.75, 3.05) is 18.4 Å². The number of ether oxygens (including phenoxy) is 1. The number of hydrogen-bond donors (Lipinski definition) is 3. The third-order valence-electron chi connectivity index (χ3n) is 4.97. The Morgan fingerprint density at radius 3 is 2.85 bits per heavy atom. The molecule has 4 N–H and O–H groups in total. The average Bonchev–Trinajstić information content (AvgIpc) is 3.49. The van der Waals surface area contributed by atoms with Gasteiger partial charge >= 0.3 is 0 Å². The Hall–Kier alpha value is -2.06. The molecule has 0 spiro atoms. The maximum atomic E-state index is 14.7. The second-order valence-corrected chi connectivity index (χ2v) is 7.40. The number of nitrogens with zero attached hydrogens (tertiary/aromatic N) is 1. The highest BCUT2D eigenvalue weighted by Crippen LogP contribution is 2.50. The van der Waals surface area contributed by atoms with E-state index in [1.165, 1.54) is 24.4 Å². The molecule has 0 radical (unpaired) electrons. The molecule has 1 aromatic carbocycles. The van der Waals surface area contributed by atoms with E-state index >= 15 is 0 Å². The van der Waals surface area contributed by atoms with E-state index in [2.05, 4.69) is 15.6 Å². The lowest BCUT2D eigenvalue weighted by molar-refractivity contribution is -0.134. The van der Waals surface area contributed by atoms with Gasteiger partial charge in [-0.3, -0.25) is 4.79 Å². The molecular formula is C19H20ClFN4O2. The number of carbonyl (C=O) groups is 1. The van der Waals surface area contributed by atoms with Gasteiger partial charge in [0.15, 0.2) is 0 Å². The number of nitrogens with one attached hydrogen (secondary N) is 2. The van der Waals surface area contributed by atoms with E-state index in [-0.39, 0.29) is 17.4 Å². The molecule has 142 valence electrons. The minimum atomic E-state index is -0.818. The van der Waals surface area contributed by atoms with Crippen molar-refractivity contribution in [3.63, 3.8) is 0 Å². The van der Waals surface area contributed by atoms with Gasteiger partial charge in [-0.25, -0.2) is 9.37 Å². The molecule has 0 bridgehead atoms. The standard InChI is InChI=1S/C19H20ClFN4O2/c20-12-3-6-16(24-8-12)18(26)25-13-4-5-15(21)14(7-13)19(11-1-2-11)10-23-9-17(22)27-19/h3-8,11,17,23H,1-2,9-10,22H2,(H,25,26). The minimum Gasteiger partial charge on any atom is -0.349 e. The molecule has 1 saturated carbocycles. The summed E-state index contributed by atoms with van der Waals surface area (Å²) >= 11 is 5.80. The summed E-state index contributed by atoms with van der Waals surface area (Å²) in [5.41, 5.74) is 6.26. The van der Waals surface area contributed by atoms with Gasteiger partial charge in [0.2, 0.25) is 0 Å². The predicted molar refractivity (Wildman–Crippen MR) is 99.9 cm³/mol. The topological polar surface area (TPSA) is 89.3 Å². The second-order valence-electron chi connectivity index (χ2n) is 6.96. The highest BCUT2D eigenvalue weighted by atomic mass is 35.5. The Morgan fingerprint density at radius 1 is 1.37 bits per heavy atom. The molecular weight excluding hydrogens is 371 g/mol. The Balaban J connectivity index is 1.63. The summed E-state index contributed by atoms with van der Waals surface area (Å²) in [6.07, 6.45) is 2.81. The van der Waals surface area contributed by atoms with Crippen LogP contribution in [0.15, 0.2) is 36.5 Å². The first kappa shape index (κ1) is 18.3. The van der Waals surface area contributed by atoms with Gasteiger partial charge < -0.3 is 21.1 Å². The third kappa shape index (κ3) is 3.68. The summed E-state index contributed by atoms with van der Waals surface area (Å²) in [6.45, 7) is 1.01. The van der Waals surface area contributed by atoms with Gasteiger partial charge in [-0.15, -0.1) is 0 Å². The van der Waals surface area contributed by atoms with E-state index in [1.807, 2.05) is 0 Å². The zero-order chi connectivity index (χ0) is 19.0. The lowest BCUT2D eigenvalue weighted by Gasteiger charge is -2.41. The summed E-state index contributed by atoms with van der Waals surface area (Å²) < 4.78 is 20.8. The van der Waals surface area contributed by atoms with Gasteiger partial charge in [0.05, 0.1) is 5.02 Å². The molecule has 1 amide bonds. The van der Waals surface area contributed by atoms with Gasteiger partial charge in [-0.2, -0.15) is 0 Å². The van der Waals surface area contributed by atoms with E-state index in [9.17, 15) is 9.18 Å². The van der Waals surface area contributed by atoms with Gasteiger partial charge in [0, 0.05) is 30.5 Å². The molecule has 2 atom stereocenters. The van der Waals surface area contributed by atoms with Crippen LogP contribution < -0.4 is 16.4 Å². The molecule has 2 unspecified atom stereocenters. The highest BCUT2D eigenvalue weighted by Gasteiger charge is 2.51. The van der Waals surface area contributed by atoms with Crippen molar-refractivity contribution in [1.82, 2.24) is 10.3 Å². The molecule has 8 heteroatoms. The van der Waals surface area contributed by atoms with Crippen LogP contribution in [0.3, 0.4) is 0 Å². The van der Waals surface area contributed by atoms with Crippen LogP contribution in [0.1, 0.15) is 28.9 Å². The van der Waals surface area contributed by atoms with Crippen molar-refractivity contribution in [3.8, 4) is 0 Å². The first-order chi connectivity index (χ1) is 13.0. The van der Waals surface area contributed by atoms with Crippen LogP contribution >= 0.6 is 11.6 Å². The Kier molecular flexibility index (Phi) is 4.86. The number of aromatic nitrogens is 1. The minimum absolute atomic E-state index is 0.203. The maximum Gasteiger partial charge on any atom is 0.274 e. The molecule has 4 rings (SSSR count). The summed E-state index contributed by atoms with van der Waals surface area (Å²) in [4.78, 5) is 16.4. The lowest BCUT2D eigenvalue weighted by Crippen LogP contribution is -2.56. The van der Waals surface area contributed by atoms with Crippen molar-refractivity contribution in [2.24, 2.45) is 11.7 Å². The fourth-order valence-electron chi connectivity index (χ4n) is 3.56. The van der Waals surface area contributed by atoms with E-state index < -0.39 is 17.7 Å². The van der Waals surface area contributed by atoms with Crippen LogP contribution in [-0.4, -0.2) is 30.2 Å². The quantitative estimate of drug-likeness (QED) is 0.746. The number of nitrogens with two attached hydrogens (primary N) is 1. The fourth-order valence-corrected chi connectivity index (χ4v) is 3.67. The van der Waals surface area contributed by atoms with E-state index in [1.54, 1.807) is 12.1 Å². The smallest absolute Gasteiger partial charge is 0.274 e. The molecule has 1 saturated heterocycles. The molecule has 1 aliphatic carbocycles. The molecule has 2 aliphatic rings. The largest absolute Gasteiger partial charge is 0.349 e. The lowest BCUT2D eigenvalue weighted by atomic mass is 9.86. The first-order valence-electron chi connectivity index (χ1n) is 8.85. The van der Waals surface area contributed by atoms with Crippen molar-refractivity contribution < 1.29 is 13.9 Å². The second kappa shape index (κ2) is 7.16. The number of amides is 1. The molecule has 2 aromatic rings. The number of halogens is 2. The van der Waals surface area contributed by atoms with Crippen molar-refractivity contribution in [2.45, 2.75) is 24.7 Å². The van der Waals surface area contributed by atoms with E-state index in [0.29, 0.717) is 29.4 Å². The summed E-state index contributed by atoms with van der Waals surface area (Å²) in [5.74, 6) is -0.570. The number of carbonyl (C=O) groups excluding carboxylic acids is 1. The normalized spacial score (nSPS) is 25.2. The summed E-state index contributed by atoms with van der Waals surface area (Å²) in [5, 5.41) is 6.44. The molecule has 27 heavy (non-hydrogen) atoms.